The molecule has 6 aliphatic rings. The van der Waals surface area contributed by atoms with Gasteiger partial charge in [-0.1, -0.05) is 38.1 Å². The molecule has 3 saturated heterocycles. The number of phenolic OH excluding ortho intramolecular Hbond substituents is 2. The van der Waals surface area contributed by atoms with Crippen molar-refractivity contribution in [2.75, 3.05) is 52.3 Å². The number of morpholine rings is 1. The number of fused-ring (bicyclic) bond motifs is 6. The molecule has 0 bridgehead atoms. The number of methoxy groups -OCH3 is 2. The van der Waals surface area contributed by atoms with Crippen molar-refractivity contribution in [3.63, 3.8) is 0 Å². The molecule has 3 aromatic carbocycles. The molecule has 2 aliphatic carbocycles. The zero-order valence-corrected chi connectivity index (χ0v) is 48.8. The third-order valence-corrected chi connectivity index (χ3v) is 16.1. The standard InChI is InChI=1S/C59H70N8O20/c1-27(2)46(65-38(68)17-20-67-39(69)15-16-40(67)70)54(77)62-29(4)53(76)64-32-13-11-31(12-14-32)26-84-58(79)63-28(3)52(75)60-18-19-61-57(78)59(80)24-34-43(50(74)45-44(48(34)72)47(71)33-9-8-10-36(81-6)42(33)49(45)73)37(25-59)86-41-23-35-51(30(5)85-41)87-55-56(82-7)83-22-21-66(35)55/h8-16,27-30,35,37,41,46,51,55-56,72,74,80H,17-26H2,1-7H3,(H,60,75)(H,61,78)(H,62,77)(H,63,79)(H,64,76)(H,65,68)/t28-,29-,30-,35-,37-,41-,46-,51+,55+,56-,59-/m0/s1. The number of alkyl carbamates (subject to hydrolysis) is 1. The predicted molar refractivity (Wildman–Crippen MR) is 300 cm³/mol. The van der Waals surface area contributed by atoms with Crippen LogP contribution in [-0.2, 0) is 75.0 Å². The molecule has 0 saturated carbocycles. The van der Waals surface area contributed by atoms with E-state index in [1.54, 1.807) is 32.9 Å². The first kappa shape index (κ1) is 63.1. The van der Waals surface area contributed by atoms with Crippen LogP contribution in [0.3, 0.4) is 0 Å². The topological polar surface area (TPSA) is 375 Å². The van der Waals surface area contributed by atoms with E-state index < -0.39 is 155 Å². The Morgan fingerprint density at radius 2 is 1.49 bits per heavy atom. The molecule has 466 valence electrons. The van der Waals surface area contributed by atoms with Crippen LogP contribution in [0, 0.1) is 5.92 Å². The highest BCUT2D eigenvalue weighted by Crippen LogP contribution is 2.53. The largest absolute Gasteiger partial charge is 0.507 e. The molecule has 28 nitrogen and oxygen atoms in total. The molecular formula is C59H70N8O20. The maximum atomic E-state index is 14.3. The van der Waals surface area contributed by atoms with Gasteiger partial charge >= 0.3 is 6.09 Å². The van der Waals surface area contributed by atoms with Gasteiger partial charge in [0, 0.05) is 99.5 Å². The van der Waals surface area contributed by atoms with E-state index in [1.165, 1.54) is 58.4 Å². The smallest absolute Gasteiger partial charge is 0.408 e. The second-order valence-corrected chi connectivity index (χ2v) is 22.3. The molecule has 87 heavy (non-hydrogen) atoms. The Morgan fingerprint density at radius 3 is 2.18 bits per heavy atom. The highest BCUT2D eigenvalue weighted by Gasteiger charge is 2.55. The minimum absolute atomic E-state index is 0.0592. The first-order valence-corrected chi connectivity index (χ1v) is 28.4. The van der Waals surface area contributed by atoms with Gasteiger partial charge in [0.1, 0.15) is 53.7 Å². The van der Waals surface area contributed by atoms with Crippen molar-refractivity contribution in [2.24, 2.45) is 5.92 Å². The van der Waals surface area contributed by atoms with Crippen LogP contribution in [0.4, 0.5) is 10.5 Å². The van der Waals surface area contributed by atoms with E-state index in [2.05, 4.69) is 36.8 Å². The van der Waals surface area contributed by atoms with Gasteiger partial charge in [-0.2, -0.15) is 0 Å². The minimum atomic E-state index is -2.39. The van der Waals surface area contributed by atoms with Crippen molar-refractivity contribution in [3.8, 4) is 17.2 Å². The molecule has 3 fully saturated rings. The number of imide groups is 1. The van der Waals surface area contributed by atoms with Crippen molar-refractivity contribution < 1.29 is 96.4 Å². The first-order valence-electron chi connectivity index (χ1n) is 28.4. The van der Waals surface area contributed by atoms with E-state index in [4.69, 9.17) is 33.2 Å². The summed E-state index contributed by atoms with van der Waals surface area (Å²) < 4.78 is 41.3. The maximum Gasteiger partial charge on any atom is 0.408 e. The SMILES string of the molecule is COc1cccc2c1C(=O)c1c(O)c3c(c(O)c1C2=O)C[C@@](O)(C(=O)NCCNC(=O)[C@H](C)NC(=O)OCc1ccc(NC(=O)[C@H](C)NC(=O)[C@@H](NC(=O)CCN2C(=O)C=CC2=O)C(C)C)cc1)C[C@@H]3O[C@H]1C[C@H]2[C@H](O[C@@H]3[C@@H](OC)OCCN32)[C@H](C)O1. The number of anilines is 1. The first-order chi connectivity index (χ1) is 41.4. The number of nitrogens with one attached hydrogen (secondary N) is 6. The number of aromatic hydroxyl groups is 2. The number of amides is 8. The number of hydrogen-bond donors (Lipinski definition) is 9. The van der Waals surface area contributed by atoms with E-state index >= 15 is 0 Å². The molecule has 0 unspecified atom stereocenters. The minimum Gasteiger partial charge on any atom is -0.507 e. The Balaban J connectivity index is 0.767. The van der Waals surface area contributed by atoms with Crippen LogP contribution in [0.15, 0.2) is 54.6 Å². The lowest BCUT2D eigenvalue weighted by Crippen LogP contribution is -2.55. The zero-order chi connectivity index (χ0) is 62.8. The quantitative estimate of drug-likeness (QED) is 0.0313. The van der Waals surface area contributed by atoms with Crippen molar-refractivity contribution in [3.05, 3.63) is 93.6 Å². The number of phenols is 2. The van der Waals surface area contributed by atoms with Gasteiger partial charge in [-0.15, -0.1) is 0 Å². The van der Waals surface area contributed by atoms with E-state index in [-0.39, 0.29) is 79.0 Å². The number of aliphatic hydroxyl groups is 1. The highest BCUT2D eigenvalue weighted by atomic mass is 16.7. The molecule has 9 N–H and O–H groups in total. The van der Waals surface area contributed by atoms with Crippen LogP contribution in [0.2, 0.25) is 0 Å². The van der Waals surface area contributed by atoms with Gasteiger partial charge in [0.15, 0.2) is 24.6 Å². The Hall–Kier alpha value is -8.38. The molecule has 0 spiro atoms. The molecule has 0 aromatic heterocycles. The Bertz CT molecular complexity index is 3260. The number of ether oxygens (including phenoxy) is 7. The summed E-state index contributed by atoms with van der Waals surface area (Å²) in [5.74, 6) is -7.87. The lowest BCUT2D eigenvalue weighted by atomic mass is 9.72. The lowest BCUT2D eigenvalue weighted by Gasteiger charge is -2.43. The second-order valence-electron chi connectivity index (χ2n) is 22.3. The van der Waals surface area contributed by atoms with E-state index in [0.29, 0.717) is 24.4 Å². The molecule has 28 heteroatoms. The summed E-state index contributed by atoms with van der Waals surface area (Å²) in [6.07, 6.45) is -4.64. The summed E-state index contributed by atoms with van der Waals surface area (Å²) in [6, 6.07) is 7.08. The molecule has 3 aromatic rings. The predicted octanol–water partition coefficient (Wildman–Crippen LogP) is 0.596. The summed E-state index contributed by atoms with van der Waals surface area (Å²) in [4.78, 5) is 134. The normalized spacial score (nSPS) is 24.7. The average Bonchev–Trinajstić information content (AvgIpc) is 1.26. The molecular weight excluding hydrogens is 1140 g/mol. The summed E-state index contributed by atoms with van der Waals surface area (Å²) in [6.45, 7) is 8.05. The van der Waals surface area contributed by atoms with Gasteiger partial charge in [-0.3, -0.25) is 53.0 Å². The Kier molecular flexibility index (Phi) is 19.1. The van der Waals surface area contributed by atoms with Gasteiger partial charge in [0.25, 0.3) is 17.7 Å². The average molecular weight is 1210 g/mol. The van der Waals surface area contributed by atoms with Crippen LogP contribution in [0.25, 0.3) is 0 Å². The maximum absolute atomic E-state index is 14.3. The Labute approximate surface area is 498 Å². The third kappa shape index (κ3) is 13.2. The monoisotopic (exact) mass is 1210 g/mol. The molecule has 9 rings (SSSR count). The third-order valence-electron chi connectivity index (χ3n) is 16.1. The summed E-state index contributed by atoms with van der Waals surface area (Å²) in [5, 5.41) is 51.9. The van der Waals surface area contributed by atoms with Crippen LogP contribution in [-0.4, -0.2) is 192 Å². The van der Waals surface area contributed by atoms with Gasteiger partial charge in [0.2, 0.25) is 29.4 Å². The summed E-state index contributed by atoms with van der Waals surface area (Å²) in [5.41, 5.74) is -3.16. The van der Waals surface area contributed by atoms with Crippen molar-refractivity contribution in [1.82, 2.24) is 36.4 Å². The zero-order valence-electron chi connectivity index (χ0n) is 48.8. The summed E-state index contributed by atoms with van der Waals surface area (Å²) >= 11 is 0. The molecule has 0 radical (unpaired) electrons. The number of hydrogen-bond acceptors (Lipinski definition) is 21. The fourth-order valence-corrected chi connectivity index (χ4v) is 11.6. The van der Waals surface area contributed by atoms with E-state index in [9.17, 15) is 63.3 Å². The van der Waals surface area contributed by atoms with E-state index in [0.717, 1.165) is 17.1 Å². The van der Waals surface area contributed by atoms with Crippen LogP contribution in [0.1, 0.15) is 109 Å². The van der Waals surface area contributed by atoms with Crippen LogP contribution >= 0.6 is 0 Å². The number of carbonyl (C=O) groups excluding carboxylic acids is 10. The molecule has 8 amide bonds. The van der Waals surface area contributed by atoms with Crippen molar-refractivity contribution >= 4 is 64.7 Å². The van der Waals surface area contributed by atoms with Gasteiger partial charge in [-0.25, -0.2) is 4.79 Å². The van der Waals surface area contributed by atoms with Crippen molar-refractivity contribution in [1.29, 1.82) is 0 Å². The molecule has 4 heterocycles. The fraction of sp³-hybridized carbons (Fsp3) is 0.492. The number of ketones is 2. The number of benzene rings is 3. The fourth-order valence-electron chi connectivity index (χ4n) is 11.6. The van der Waals surface area contributed by atoms with Gasteiger partial charge in [0.05, 0.1) is 42.6 Å². The number of carbonyl (C=O) groups is 10. The van der Waals surface area contributed by atoms with E-state index in [1.807, 2.05) is 0 Å². The molecule has 11 atom stereocenters. The van der Waals surface area contributed by atoms with Crippen molar-refractivity contribution in [2.45, 2.75) is 134 Å². The van der Waals surface area contributed by atoms with Crippen LogP contribution in [0.5, 0.6) is 17.2 Å². The number of rotatable bonds is 21. The van der Waals surface area contributed by atoms with Crippen LogP contribution < -0.4 is 36.6 Å². The summed E-state index contributed by atoms with van der Waals surface area (Å²) in [7, 11) is 2.83. The van der Waals surface area contributed by atoms with Gasteiger partial charge in [-0.05, 0) is 50.5 Å². The highest BCUT2D eigenvalue weighted by molar-refractivity contribution is 6.31. The Morgan fingerprint density at radius 1 is 0.805 bits per heavy atom. The molecule has 4 aliphatic heterocycles. The number of nitrogens with zero attached hydrogens (tertiary/aromatic N) is 2. The second kappa shape index (κ2) is 26.3. The lowest BCUT2D eigenvalue weighted by molar-refractivity contribution is -0.256. The van der Waals surface area contributed by atoms with Gasteiger partial charge < -0.3 is 80.4 Å².